The molecule has 0 spiro atoms. The highest BCUT2D eigenvalue weighted by molar-refractivity contribution is 8.01. The van der Waals surface area contributed by atoms with Gasteiger partial charge in [-0.2, -0.15) is 0 Å². The summed E-state index contributed by atoms with van der Waals surface area (Å²) in [5.41, 5.74) is 1.85. The van der Waals surface area contributed by atoms with Crippen LogP contribution in [0.2, 0.25) is 0 Å². The maximum Gasteiger partial charge on any atom is 0.251 e. The van der Waals surface area contributed by atoms with E-state index in [0.717, 1.165) is 23.4 Å². The number of methoxy groups -OCH3 is 1. The van der Waals surface area contributed by atoms with Crippen molar-refractivity contribution < 1.29 is 14.3 Å². The van der Waals surface area contributed by atoms with Gasteiger partial charge in [-0.15, -0.1) is 11.8 Å². The second kappa shape index (κ2) is 7.51. The summed E-state index contributed by atoms with van der Waals surface area (Å²) in [5, 5.41) is 0. The van der Waals surface area contributed by atoms with Crippen LogP contribution in [0.5, 0.6) is 5.75 Å². The van der Waals surface area contributed by atoms with Gasteiger partial charge in [0, 0.05) is 17.9 Å². The lowest BCUT2D eigenvalue weighted by atomic mass is 10.1. The molecule has 0 aliphatic carbocycles. The normalized spacial score (nSPS) is 23.6. The molecule has 2 aromatic carbocycles. The molecule has 2 heterocycles. The van der Waals surface area contributed by atoms with Crippen molar-refractivity contribution in [1.29, 1.82) is 0 Å². The maximum absolute atomic E-state index is 13.6. The van der Waals surface area contributed by atoms with Gasteiger partial charge in [-0.25, -0.2) is 0 Å². The standard InChI is InChI=1S/C22H24N2O3S/c1-22-13-12-20(25)24(22)19(15-28-22)21(26)23(14-16-6-4-3-5-7-16)17-8-10-18(27-2)11-9-17/h3-11,19H,12-15H2,1-2H3. The number of amides is 2. The highest BCUT2D eigenvalue weighted by atomic mass is 32.2. The topological polar surface area (TPSA) is 49.9 Å². The molecule has 2 fully saturated rings. The van der Waals surface area contributed by atoms with Crippen molar-refractivity contribution in [3.05, 3.63) is 60.2 Å². The van der Waals surface area contributed by atoms with Crippen molar-refractivity contribution in [3.63, 3.8) is 0 Å². The average molecular weight is 397 g/mol. The summed E-state index contributed by atoms with van der Waals surface area (Å²) < 4.78 is 5.25. The molecule has 0 radical (unpaired) electrons. The minimum absolute atomic E-state index is 0.0273. The smallest absolute Gasteiger partial charge is 0.251 e. The Morgan fingerprint density at radius 2 is 1.93 bits per heavy atom. The lowest BCUT2D eigenvalue weighted by Crippen LogP contribution is -2.51. The summed E-state index contributed by atoms with van der Waals surface area (Å²) in [6.45, 7) is 2.54. The fraction of sp³-hybridized carbons (Fsp3) is 0.364. The summed E-state index contributed by atoms with van der Waals surface area (Å²) >= 11 is 1.72. The van der Waals surface area contributed by atoms with Gasteiger partial charge in [0.15, 0.2) is 0 Å². The fourth-order valence-electron chi connectivity index (χ4n) is 4.01. The number of thioether (sulfide) groups is 1. The number of anilines is 1. The first-order chi connectivity index (χ1) is 13.5. The Morgan fingerprint density at radius 1 is 1.21 bits per heavy atom. The summed E-state index contributed by atoms with van der Waals surface area (Å²) in [7, 11) is 1.62. The van der Waals surface area contributed by atoms with Gasteiger partial charge >= 0.3 is 0 Å². The molecule has 4 rings (SSSR count). The average Bonchev–Trinajstić information content (AvgIpc) is 3.22. The van der Waals surface area contributed by atoms with E-state index in [1.165, 1.54) is 0 Å². The van der Waals surface area contributed by atoms with Gasteiger partial charge in [0.2, 0.25) is 5.91 Å². The second-order valence-electron chi connectivity index (χ2n) is 7.37. The zero-order valence-corrected chi connectivity index (χ0v) is 16.9. The van der Waals surface area contributed by atoms with Gasteiger partial charge in [-0.05, 0) is 43.2 Å². The molecular weight excluding hydrogens is 372 g/mol. The molecule has 2 aromatic rings. The number of benzene rings is 2. The van der Waals surface area contributed by atoms with Crippen LogP contribution in [0.3, 0.4) is 0 Å². The zero-order valence-electron chi connectivity index (χ0n) is 16.1. The zero-order chi connectivity index (χ0) is 19.7. The van der Waals surface area contributed by atoms with Crippen LogP contribution in [0.4, 0.5) is 5.69 Å². The van der Waals surface area contributed by atoms with E-state index in [-0.39, 0.29) is 16.7 Å². The number of ether oxygens (including phenoxy) is 1. The molecule has 6 heteroatoms. The van der Waals surface area contributed by atoms with E-state index in [0.29, 0.717) is 18.7 Å². The van der Waals surface area contributed by atoms with Gasteiger partial charge in [-0.3, -0.25) is 9.59 Å². The molecule has 2 saturated heterocycles. The summed E-state index contributed by atoms with van der Waals surface area (Å²) in [5.74, 6) is 1.44. The van der Waals surface area contributed by atoms with E-state index >= 15 is 0 Å². The van der Waals surface area contributed by atoms with Crippen molar-refractivity contribution in [1.82, 2.24) is 4.90 Å². The summed E-state index contributed by atoms with van der Waals surface area (Å²) in [6.07, 6.45) is 1.33. The van der Waals surface area contributed by atoms with Gasteiger partial charge in [-0.1, -0.05) is 30.3 Å². The van der Waals surface area contributed by atoms with Crippen LogP contribution < -0.4 is 9.64 Å². The molecule has 2 atom stereocenters. The molecule has 28 heavy (non-hydrogen) atoms. The van der Waals surface area contributed by atoms with Crippen LogP contribution in [0.25, 0.3) is 0 Å². The molecule has 146 valence electrons. The second-order valence-corrected chi connectivity index (χ2v) is 8.88. The highest BCUT2D eigenvalue weighted by Gasteiger charge is 2.53. The number of carbonyl (C=O) groups is 2. The molecule has 5 nitrogen and oxygen atoms in total. The number of fused-ring (bicyclic) bond motifs is 1. The quantitative estimate of drug-likeness (QED) is 0.774. The van der Waals surface area contributed by atoms with E-state index in [1.807, 2.05) is 59.5 Å². The fourth-order valence-corrected chi connectivity index (χ4v) is 5.43. The number of carbonyl (C=O) groups excluding carboxylic acids is 2. The number of hydrogen-bond acceptors (Lipinski definition) is 4. The van der Waals surface area contributed by atoms with Crippen molar-refractivity contribution in [2.45, 2.75) is 37.2 Å². The van der Waals surface area contributed by atoms with Crippen LogP contribution in [0, 0.1) is 0 Å². The van der Waals surface area contributed by atoms with Gasteiger partial charge < -0.3 is 14.5 Å². The molecule has 2 aliphatic heterocycles. The number of nitrogens with zero attached hydrogens (tertiary/aromatic N) is 2. The Hall–Kier alpha value is -2.47. The minimum atomic E-state index is -0.421. The first-order valence-electron chi connectivity index (χ1n) is 9.47. The maximum atomic E-state index is 13.6. The van der Waals surface area contributed by atoms with E-state index in [2.05, 4.69) is 6.92 Å². The summed E-state index contributed by atoms with van der Waals surface area (Å²) in [4.78, 5) is 29.5. The monoisotopic (exact) mass is 396 g/mol. The lowest BCUT2D eigenvalue weighted by molar-refractivity contribution is -0.136. The SMILES string of the molecule is COc1ccc(N(Cc2ccccc2)C(=O)C2CSC3(C)CCC(=O)N23)cc1. The Balaban J connectivity index is 1.66. The van der Waals surface area contributed by atoms with Crippen LogP contribution in [-0.4, -0.2) is 40.5 Å². The van der Waals surface area contributed by atoms with Gasteiger partial charge in [0.05, 0.1) is 18.5 Å². The van der Waals surface area contributed by atoms with Crippen LogP contribution >= 0.6 is 11.8 Å². The van der Waals surface area contributed by atoms with Crippen LogP contribution in [0.15, 0.2) is 54.6 Å². The Kier molecular flexibility index (Phi) is 5.06. The Morgan fingerprint density at radius 3 is 2.61 bits per heavy atom. The largest absolute Gasteiger partial charge is 0.497 e. The molecule has 2 aliphatic rings. The third-order valence-corrected chi connectivity index (χ3v) is 7.07. The molecule has 0 bridgehead atoms. The van der Waals surface area contributed by atoms with Crippen LogP contribution in [-0.2, 0) is 16.1 Å². The third-order valence-electron chi connectivity index (χ3n) is 5.56. The number of rotatable bonds is 5. The van der Waals surface area contributed by atoms with Crippen molar-refractivity contribution in [3.8, 4) is 5.75 Å². The first-order valence-corrected chi connectivity index (χ1v) is 10.5. The molecule has 2 unspecified atom stereocenters. The molecular formula is C22H24N2O3S. The molecule has 0 N–H and O–H groups in total. The summed E-state index contributed by atoms with van der Waals surface area (Å²) in [6, 6.07) is 17.0. The molecule has 0 aromatic heterocycles. The first kappa shape index (κ1) is 18.9. The van der Waals surface area contributed by atoms with Crippen molar-refractivity contribution >= 4 is 29.3 Å². The van der Waals surface area contributed by atoms with E-state index in [1.54, 1.807) is 23.8 Å². The lowest BCUT2D eigenvalue weighted by Gasteiger charge is -2.33. The molecule has 2 amide bonds. The highest BCUT2D eigenvalue weighted by Crippen LogP contribution is 2.47. The molecule has 0 saturated carbocycles. The van der Waals surface area contributed by atoms with Crippen molar-refractivity contribution in [2.75, 3.05) is 17.8 Å². The Labute approximate surface area is 169 Å². The Bertz CT molecular complexity index is 871. The van der Waals surface area contributed by atoms with Crippen LogP contribution in [0.1, 0.15) is 25.3 Å². The van der Waals surface area contributed by atoms with E-state index in [4.69, 9.17) is 4.74 Å². The predicted molar refractivity (Wildman–Crippen MR) is 111 cm³/mol. The predicted octanol–water partition coefficient (Wildman–Crippen LogP) is 3.68. The van der Waals surface area contributed by atoms with E-state index < -0.39 is 6.04 Å². The van der Waals surface area contributed by atoms with Gasteiger partial charge in [0.25, 0.3) is 5.91 Å². The third kappa shape index (κ3) is 3.37. The minimum Gasteiger partial charge on any atom is -0.497 e. The number of hydrogen-bond donors (Lipinski definition) is 0. The van der Waals surface area contributed by atoms with E-state index in [9.17, 15) is 9.59 Å². The van der Waals surface area contributed by atoms with Crippen molar-refractivity contribution in [2.24, 2.45) is 0 Å². The van der Waals surface area contributed by atoms with Gasteiger partial charge in [0.1, 0.15) is 11.8 Å².